The highest BCUT2D eigenvalue weighted by Crippen LogP contribution is 2.21. The van der Waals surface area contributed by atoms with Gasteiger partial charge in [0.15, 0.2) is 0 Å². The van der Waals surface area contributed by atoms with Gasteiger partial charge in [-0.25, -0.2) is 8.78 Å². The molecule has 6 heteroatoms. The number of hydrogen-bond acceptors (Lipinski definition) is 3. The first kappa shape index (κ1) is 20.0. The van der Waals surface area contributed by atoms with Crippen molar-refractivity contribution in [1.29, 1.82) is 0 Å². The number of benzene rings is 3. The molecule has 0 aromatic heterocycles. The Balaban J connectivity index is 1.31. The number of hydrogen-bond donors (Lipinski definition) is 1. The molecule has 1 N–H and O–H groups in total. The summed E-state index contributed by atoms with van der Waals surface area (Å²) in [6.07, 6.45) is 0. The van der Waals surface area contributed by atoms with Crippen molar-refractivity contribution in [3.8, 4) is 0 Å². The Bertz CT molecular complexity index is 998. The van der Waals surface area contributed by atoms with Gasteiger partial charge in [0.2, 0.25) is 0 Å². The number of nitrogens with one attached hydrogen (secondary N) is 1. The van der Waals surface area contributed by atoms with Crippen LogP contribution in [0.15, 0.2) is 72.8 Å². The van der Waals surface area contributed by atoms with Crippen molar-refractivity contribution in [2.75, 3.05) is 36.4 Å². The second-order valence-electron chi connectivity index (χ2n) is 7.36. The minimum atomic E-state index is -0.370. The quantitative estimate of drug-likeness (QED) is 0.675. The van der Waals surface area contributed by atoms with E-state index in [9.17, 15) is 13.6 Å². The summed E-state index contributed by atoms with van der Waals surface area (Å²) in [6, 6.07) is 20.0. The van der Waals surface area contributed by atoms with Gasteiger partial charge in [0.1, 0.15) is 11.6 Å². The summed E-state index contributed by atoms with van der Waals surface area (Å²) in [5, 5.41) is 2.82. The van der Waals surface area contributed by atoms with Crippen LogP contribution in [0.4, 0.5) is 20.2 Å². The van der Waals surface area contributed by atoms with Crippen LogP contribution in [0.25, 0.3) is 0 Å². The number of rotatable bonds is 5. The van der Waals surface area contributed by atoms with E-state index in [0.717, 1.165) is 37.4 Å². The Labute approximate surface area is 174 Å². The zero-order chi connectivity index (χ0) is 20.9. The summed E-state index contributed by atoms with van der Waals surface area (Å²) in [6.45, 7) is 4.05. The molecule has 1 heterocycles. The van der Waals surface area contributed by atoms with Gasteiger partial charge >= 0.3 is 0 Å². The first-order chi connectivity index (χ1) is 14.6. The molecule has 1 aliphatic heterocycles. The largest absolute Gasteiger partial charge is 0.369 e. The van der Waals surface area contributed by atoms with Crippen LogP contribution < -0.4 is 10.2 Å². The maximum absolute atomic E-state index is 13.9. The summed E-state index contributed by atoms with van der Waals surface area (Å²) < 4.78 is 26.9. The third-order valence-electron chi connectivity index (χ3n) is 5.32. The second kappa shape index (κ2) is 9.05. The molecule has 0 radical (unpaired) electrons. The van der Waals surface area contributed by atoms with Gasteiger partial charge in [-0.3, -0.25) is 9.69 Å². The maximum atomic E-state index is 13.9. The summed E-state index contributed by atoms with van der Waals surface area (Å²) in [4.78, 5) is 16.8. The highest BCUT2D eigenvalue weighted by Gasteiger charge is 2.18. The Kier molecular flexibility index (Phi) is 6.05. The summed E-state index contributed by atoms with van der Waals surface area (Å²) >= 11 is 0. The molecule has 0 aliphatic carbocycles. The van der Waals surface area contributed by atoms with Gasteiger partial charge in [-0.2, -0.15) is 0 Å². The number of anilines is 2. The smallest absolute Gasteiger partial charge is 0.255 e. The molecule has 0 saturated carbocycles. The highest BCUT2D eigenvalue weighted by molar-refractivity contribution is 6.04. The number of piperazine rings is 1. The lowest BCUT2D eigenvalue weighted by Crippen LogP contribution is -2.46. The number of halogens is 2. The molecule has 4 nitrogen and oxygen atoms in total. The molecule has 0 unspecified atom stereocenters. The Morgan fingerprint density at radius 1 is 0.833 bits per heavy atom. The molecule has 1 aliphatic rings. The molecule has 1 saturated heterocycles. The maximum Gasteiger partial charge on any atom is 0.255 e. The minimum absolute atomic E-state index is 0.154. The molecule has 3 aromatic rings. The van der Waals surface area contributed by atoms with Crippen LogP contribution in [-0.2, 0) is 6.54 Å². The standard InChI is InChI=1S/C24H23F2N3O/c25-20-7-5-18(6-8-20)24(30)27-21-9-11-22(12-10-21)29-15-13-28(14-16-29)17-19-3-1-2-4-23(19)26/h1-12H,13-17H2,(H,27,30). The third kappa shape index (κ3) is 4.83. The topological polar surface area (TPSA) is 35.6 Å². The molecule has 1 fully saturated rings. The van der Waals surface area contributed by atoms with Gasteiger partial charge in [0.05, 0.1) is 0 Å². The predicted molar refractivity (Wildman–Crippen MR) is 115 cm³/mol. The summed E-state index contributed by atoms with van der Waals surface area (Å²) in [5.41, 5.74) is 2.91. The molecule has 1 amide bonds. The normalized spacial score (nSPS) is 14.5. The first-order valence-corrected chi connectivity index (χ1v) is 9.96. The van der Waals surface area contributed by atoms with E-state index in [4.69, 9.17) is 0 Å². The number of carbonyl (C=O) groups is 1. The van der Waals surface area contributed by atoms with E-state index >= 15 is 0 Å². The number of nitrogens with zero attached hydrogens (tertiary/aromatic N) is 2. The van der Waals surface area contributed by atoms with Gasteiger partial charge in [-0.1, -0.05) is 18.2 Å². The van der Waals surface area contributed by atoms with Crippen molar-refractivity contribution in [3.63, 3.8) is 0 Å². The monoisotopic (exact) mass is 407 g/mol. The highest BCUT2D eigenvalue weighted by atomic mass is 19.1. The van der Waals surface area contributed by atoms with Crippen molar-refractivity contribution in [2.24, 2.45) is 0 Å². The van der Waals surface area contributed by atoms with Crippen molar-refractivity contribution in [2.45, 2.75) is 6.54 Å². The molecule has 30 heavy (non-hydrogen) atoms. The third-order valence-corrected chi connectivity index (χ3v) is 5.32. The zero-order valence-electron chi connectivity index (χ0n) is 16.5. The van der Waals surface area contributed by atoms with Crippen LogP contribution in [0, 0.1) is 11.6 Å². The van der Waals surface area contributed by atoms with Crippen LogP contribution in [-0.4, -0.2) is 37.0 Å². The van der Waals surface area contributed by atoms with Crippen molar-refractivity contribution >= 4 is 17.3 Å². The SMILES string of the molecule is O=C(Nc1ccc(N2CCN(Cc3ccccc3F)CC2)cc1)c1ccc(F)cc1. The molecule has 0 bridgehead atoms. The van der Waals surface area contributed by atoms with E-state index in [2.05, 4.69) is 15.1 Å². The Morgan fingerprint density at radius 2 is 1.50 bits per heavy atom. The minimum Gasteiger partial charge on any atom is -0.369 e. The van der Waals surface area contributed by atoms with Crippen LogP contribution in [0.3, 0.4) is 0 Å². The zero-order valence-corrected chi connectivity index (χ0v) is 16.5. The lowest BCUT2D eigenvalue weighted by molar-refractivity contribution is 0.102. The molecule has 0 atom stereocenters. The van der Waals surface area contributed by atoms with E-state index in [0.29, 0.717) is 17.8 Å². The van der Waals surface area contributed by atoms with Crippen molar-refractivity contribution < 1.29 is 13.6 Å². The summed E-state index contributed by atoms with van der Waals surface area (Å²) in [7, 11) is 0. The van der Waals surface area contributed by atoms with E-state index in [1.807, 2.05) is 36.4 Å². The van der Waals surface area contributed by atoms with E-state index < -0.39 is 0 Å². The fourth-order valence-corrected chi connectivity index (χ4v) is 3.59. The van der Waals surface area contributed by atoms with E-state index in [1.165, 1.54) is 30.3 Å². The lowest BCUT2D eigenvalue weighted by Gasteiger charge is -2.36. The number of amides is 1. The van der Waals surface area contributed by atoms with Crippen molar-refractivity contribution in [3.05, 3.63) is 95.6 Å². The van der Waals surface area contributed by atoms with Crippen molar-refractivity contribution in [1.82, 2.24) is 4.90 Å². The van der Waals surface area contributed by atoms with Gasteiger partial charge in [-0.15, -0.1) is 0 Å². The molecule has 154 valence electrons. The fraction of sp³-hybridized carbons (Fsp3) is 0.208. The second-order valence-corrected chi connectivity index (χ2v) is 7.36. The average Bonchev–Trinajstić information content (AvgIpc) is 2.77. The summed E-state index contributed by atoms with van der Waals surface area (Å²) in [5.74, 6) is -0.799. The van der Waals surface area contributed by atoms with Crippen LogP contribution >= 0.6 is 0 Å². The Morgan fingerprint density at radius 3 is 2.17 bits per heavy atom. The van der Waals surface area contributed by atoms with Gasteiger partial charge in [0.25, 0.3) is 5.91 Å². The Hall–Kier alpha value is -3.25. The van der Waals surface area contributed by atoms with E-state index in [1.54, 1.807) is 6.07 Å². The van der Waals surface area contributed by atoms with Crippen LogP contribution in [0.5, 0.6) is 0 Å². The lowest BCUT2D eigenvalue weighted by atomic mass is 10.1. The predicted octanol–water partition coefficient (Wildman–Crippen LogP) is 4.54. The van der Waals surface area contributed by atoms with Crippen LogP contribution in [0.2, 0.25) is 0 Å². The van der Waals surface area contributed by atoms with Crippen LogP contribution in [0.1, 0.15) is 15.9 Å². The molecule has 3 aromatic carbocycles. The molecule has 4 rings (SSSR count). The fourth-order valence-electron chi connectivity index (χ4n) is 3.59. The average molecular weight is 407 g/mol. The first-order valence-electron chi connectivity index (χ1n) is 9.96. The van der Waals surface area contributed by atoms with Gasteiger partial charge < -0.3 is 10.2 Å². The van der Waals surface area contributed by atoms with Gasteiger partial charge in [0, 0.05) is 55.2 Å². The molecular weight excluding hydrogens is 384 g/mol. The molecule has 0 spiro atoms. The molecular formula is C24H23F2N3O. The van der Waals surface area contributed by atoms with Gasteiger partial charge in [-0.05, 0) is 54.6 Å². The van der Waals surface area contributed by atoms with E-state index in [-0.39, 0.29) is 17.5 Å². The number of carbonyl (C=O) groups excluding carboxylic acids is 1.